The second-order valence-electron chi connectivity index (χ2n) is 7.96. The Kier molecular flexibility index (Phi) is 6.01. The molecule has 0 radical (unpaired) electrons. The van der Waals surface area contributed by atoms with Crippen LogP contribution in [0.1, 0.15) is 13.8 Å². The summed E-state index contributed by atoms with van der Waals surface area (Å²) >= 11 is 6.35. The summed E-state index contributed by atoms with van der Waals surface area (Å²) in [5.41, 5.74) is 1.33. The third-order valence-corrected chi connectivity index (χ3v) is 7.18. The average molecular weight is 460 g/mol. The number of piperazine rings is 1. The van der Waals surface area contributed by atoms with Gasteiger partial charge in [-0.2, -0.15) is 0 Å². The summed E-state index contributed by atoms with van der Waals surface area (Å²) in [6, 6.07) is 16.7. The summed E-state index contributed by atoms with van der Waals surface area (Å²) in [7, 11) is -2.38. The molecule has 1 aliphatic heterocycles. The number of rotatable bonds is 5. The van der Waals surface area contributed by atoms with E-state index in [2.05, 4.69) is 28.8 Å². The summed E-state index contributed by atoms with van der Waals surface area (Å²) in [5, 5.41) is 5.16. The molecule has 0 spiro atoms. The van der Waals surface area contributed by atoms with Gasteiger partial charge >= 0.3 is 0 Å². The molecule has 1 fully saturated rings. The minimum atomic E-state index is -3.91. The molecule has 2 atom stereocenters. The highest BCUT2D eigenvalue weighted by Crippen LogP contribution is 2.35. The van der Waals surface area contributed by atoms with Crippen molar-refractivity contribution >= 4 is 43.8 Å². The number of benzene rings is 3. The molecule has 8 heteroatoms. The molecule has 0 amide bonds. The van der Waals surface area contributed by atoms with E-state index in [1.807, 2.05) is 24.3 Å². The van der Waals surface area contributed by atoms with E-state index < -0.39 is 10.0 Å². The SMILES string of the molecule is COc1ccc(N2C[C@@H](C)N[C@@H](C)C2)cc1NS(=O)(=O)c1cccc2cccc(Cl)c12. The van der Waals surface area contributed by atoms with Gasteiger partial charge < -0.3 is 15.0 Å². The summed E-state index contributed by atoms with van der Waals surface area (Å²) < 4.78 is 34.9. The van der Waals surface area contributed by atoms with E-state index in [4.69, 9.17) is 16.3 Å². The average Bonchev–Trinajstić information content (AvgIpc) is 2.72. The number of anilines is 2. The minimum Gasteiger partial charge on any atom is -0.495 e. The van der Waals surface area contributed by atoms with Gasteiger partial charge in [-0.25, -0.2) is 8.42 Å². The van der Waals surface area contributed by atoms with Crippen molar-refractivity contribution < 1.29 is 13.2 Å². The summed E-state index contributed by atoms with van der Waals surface area (Å²) in [6.45, 7) is 5.95. The largest absolute Gasteiger partial charge is 0.495 e. The van der Waals surface area contributed by atoms with Gasteiger partial charge in [0.25, 0.3) is 10.0 Å². The van der Waals surface area contributed by atoms with Gasteiger partial charge in [0.05, 0.1) is 17.7 Å². The number of fused-ring (bicyclic) bond motifs is 1. The smallest absolute Gasteiger partial charge is 0.262 e. The lowest BCUT2D eigenvalue weighted by Crippen LogP contribution is -2.54. The van der Waals surface area contributed by atoms with Crippen molar-refractivity contribution in [3.8, 4) is 5.75 Å². The van der Waals surface area contributed by atoms with Crippen LogP contribution in [0, 0.1) is 0 Å². The van der Waals surface area contributed by atoms with Crippen LogP contribution in [0.15, 0.2) is 59.5 Å². The lowest BCUT2D eigenvalue weighted by molar-refractivity contribution is 0.406. The predicted molar refractivity (Wildman–Crippen MR) is 127 cm³/mol. The van der Waals surface area contributed by atoms with Gasteiger partial charge in [-0.15, -0.1) is 0 Å². The zero-order valence-corrected chi connectivity index (χ0v) is 19.3. The first kappa shape index (κ1) is 21.7. The maximum atomic E-state index is 13.4. The van der Waals surface area contributed by atoms with Gasteiger partial charge in [0, 0.05) is 41.3 Å². The first-order chi connectivity index (χ1) is 14.8. The molecular weight excluding hydrogens is 434 g/mol. The second-order valence-corrected chi connectivity index (χ2v) is 10.0. The van der Waals surface area contributed by atoms with Crippen molar-refractivity contribution in [2.24, 2.45) is 0 Å². The van der Waals surface area contributed by atoms with E-state index in [9.17, 15) is 8.42 Å². The molecular formula is C23H26ClN3O3S. The standard InChI is InChI=1S/C23H26ClN3O3S/c1-15-13-27(14-16(2)25-15)18-10-11-21(30-3)20(12-18)26-31(28,29)22-9-5-7-17-6-4-8-19(24)23(17)22/h4-12,15-16,25-26H,13-14H2,1-3H3/t15-,16+. The van der Waals surface area contributed by atoms with Crippen molar-refractivity contribution in [1.29, 1.82) is 0 Å². The topological polar surface area (TPSA) is 70.7 Å². The van der Waals surface area contributed by atoms with E-state index in [1.54, 1.807) is 30.3 Å². The fraction of sp³-hybridized carbons (Fsp3) is 0.304. The van der Waals surface area contributed by atoms with Crippen molar-refractivity contribution in [3.05, 3.63) is 59.6 Å². The number of hydrogen-bond donors (Lipinski definition) is 2. The Hall–Kier alpha value is -2.48. The van der Waals surface area contributed by atoms with Crippen LogP contribution < -0.4 is 19.7 Å². The molecule has 164 valence electrons. The molecule has 0 aliphatic carbocycles. The number of nitrogens with one attached hydrogen (secondary N) is 2. The van der Waals surface area contributed by atoms with Gasteiger partial charge in [0.1, 0.15) is 5.75 Å². The van der Waals surface area contributed by atoms with Crippen molar-refractivity contribution in [3.63, 3.8) is 0 Å². The number of hydrogen-bond acceptors (Lipinski definition) is 5. The molecule has 0 aromatic heterocycles. The number of methoxy groups -OCH3 is 1. The monoisotopic (exact) mass is 459 g/mol. The fourth-order valence-electron chi connectivity index (χ4n) is 4.20. The van der Waals surface area contributed by atoms with E-state index in [-0.39, 0.29) is 4.90 Å². The number of sulfonamides is 1. The molecule has 1 aliphatic rings. The molecule has 0 saturated carbocycles. The van der Waals surface area contributed by atoms with Gasteiger partial charge in [0.2, 0.25) is 0 Å². The molecule has 2 N–H and O–H groups in total. The maximum Gasteiger partial charge on any atom is 0.262 e. The fourth-order valence-corrected chi connectivity index (χ4v) is 5.85. The molecule has 31 heavy (non-hydrogen) atoms. The van der Waals surface area contributed by atoms with Crippen molar-refractivity contribution in [1.82, 2.24) is 5.32 Å². The lowest BCUT2D eigenvalue weighted by Gasteiger charge is -2.38. The molecule has 1 heterocycles. The molecule has 0 bridgehead atoms. The Bertz CT molecular complexity index is 1200. The highest BCUT2D eigenvalue weighted by Gasteiger charge is 2.24. The van der Waals surface area contributed by atoms with E-state index in [0.29, 0.717) is 33.9 Å². The Morgan fingerprint density at radius 2 is 1.74 bits per heavy atom. The van der Waals surface area contributed by atoms with Gasteiger partial charge in [-0.3, -0.25) is 4.72 Å². The van der Waals surface area contributed by atoms with Gasteiger partial charge in [0.15, 0.2) is 0 Å². The Balaban J connectivity index is 1.73. The van der Waals surface area contributed by atoms with Gasteiger partial charge in [-0.1, -0.05) is 35.9 Å². The number of halogens is 1. The second kappa shape index (κ2) is 8.57. The third-order valence-electron chi connectivity index (χ3n) is 5.46. The summed E-state index contributed by atoms with van der Waals surface area (Å²) in [4.78, 5) is 2.38. The Labute approximate surface area is 188 Å². The van der Waals surface area contributed by atoms with Crippen LogP contribution in [-0.2, 0) is 10.0 Å². The first-order valence-electron chi connectivity index (χ1n) is 10.2. The van der Waals surface area contributed by atoms with Crippen LogP contribution in [0.2, 0.25) is 5.02 Å². The van der Waals surface area contributed by atoms with Crippen LogP contribution in [0.5, 0.6) is 5.75 Å². The van der Waals surface area contributed by atoms with Crippen LogP contribution in [-0.4, -0.2) is 40.7 Å². The normalized spacial score (nSPS) is 19.4. The van der Waals surface area contributed by atoms with Gasteiger partial charge in [-0.05, 0) is 49.6 Å². The van der Waals surface area contributed by atoms with Crippen molar-refractivity contribution in [2.45, 2.75) is 30.8 Å². The quantitative estimate of drug-likeness (QED) is 0.588. The first-order valence-corrected chi connectivity index (χ1v) is 12.0. The molecule has 6 nitrogen and oxygen atoms in total. The minimum absolute atomic E-state index is 0.132. The maximum absolute atomic E-state index is 13.4. The molecule has 3 aromatic carbocycles. The van der Waals surface area contributed by atoms with Crippen LogP contribution in [0.25, 0.3) is 10.8 Å². The zero-order chi connectivity index (χ0) is 22.2. The highest BCUT2D eigenvalue weighted by molar-refractivity contribution is 7.93. The highest BCUT2D eigenvalue weighted by atomic mass is 35.5. The molecule has 0 unspecified atom stereocenters. The molecule has 4 rings (SSSR count). The zero-order valence-electron chi connectivity index (χ0n) is 17.7. The molecule has 3 aromatic rings. The van der Waals surface area contributed by atoms with E-state index in [0.717, 1.165) is 24.2 Å². The lowest BCUT2D eigenvalue weighted by atomic mass is 10.1. The summed E-state index contributed by atoms with van der Waals surface area (Å²) in [5.74, 6) is 0.454. The van der Waals surface area contributed by atoms with Crippen LogP contribution >= 0.6 is 11.6 Å². The molecule has 1 saturated heterocycles. The van der Waals surface area contributed by atoms with Crippen LogP contribution in [0.3, 0.4) is 0 Å². The summed E-state index contributed by atoms with van der Waals surface area (Å²) in [6.07, 6.45) is 0. The predicted octanol–water partition coefficient (Wildman–Crippen LogP) is 4.49. The number of nitrogens with zero attached hydrogens (tertiary/aromatic N) is 1. The van der Waals surface area contributed by atoms with E-state index >= 15 is 0 Å². The number of ether oxygens (including phenoxy) is 1. The Morgan fingerprint density at radius 1 is 1.06 bits per heavy atom. The van der Waals surface area contributed by atoms with Crippen LogP contribution in [0.4, 0.5) is 11.4 Å². The van der Waals surface area contributed by atoms with E-state index in [1.165, 1.54) is 7.11 Å². The van der Waals surface area contributed by atoms with Crippen molar-refractivity contribution in [2.75, 3.05) is 29.8 Å². The Morgan fingerprint density at radius 3 is 2.42 bits per heavy atom. The third kappa shape index (κ3) is 4.44.